The van der Waals surface area contributed by atoms with Crippen LogP contribution in [0.25, 0.3) is 0 Å². The minimum absolute atomic E-state index is 0.159. The number of hydrogen-bond acceptors (Lipinski definition) is 3. The van der Waals surface area contributed by atoms with E-state index >= 15 is 0 Å². The van der Waals surface area contributed by atoms with Gasteiger partial charge in [0.1, 0.15) is 11.6 Å². The van der Waals surface area contributed by atoms with Crippen molar-refractivity contribution in [2.45, 2.75) is 19.4 Å². The molecule has 0 bridgehead atoms. The summed E-state index contributed by atoms with van der Waals surface area (Å²) in [5.74, 6) is -0.399. The Kier molecular flexibility index (Phi) is 4.95. The highest BCUT2D eigenvalue weighted by molar-refractivity contribution is 5.90. The van der Waals surface area contributed by atoms with Crippen LogP contribution < -0.4 is 16.4 Å². The number of aromatic nitrogens is 2. The number of halogens is 1. The topological polar surface area (TPSA) is 102 Å². The molecule has 1 unspecified atom stereocenters. The number of amides is 3. The van der Waals surface area contributed by atoms with Gasteiger partial charge in [0, 0.05) is 18.7 Å². The number of rotatable bonds is 5. The van der Waals surface area contributed by atoms with Crippen LogP contribution in [0.5, 0.6) is 0 Å². The number of anilines is 1. The summed E-state index contributed by atoms with van der Waals surface area (Å²) < 4.78 is 15.4. The number of carbonyl (C=O) groups is 2. The molecule has 0 radical (unpaired) electrons. The fourth-order valence-corrected chi connectivity index (χ4v) is 2.28. The number of carbonyl (C=O) groups excluding carboxylic acids is 2. The van der Waals surface area contributed by atoms with Gasteiger partial charge in [0.15, 0.2) is 0 Å². The molecular weight excluding hydrogens is 301 g/mol. The van der Waals surface area contributed by atoms with Gasteiger partial charge >= 0.3 is 6.03 Å². The monoisotopic (exact) mass is 319 g/mol. The summed E-state index contributed by atoms with van der Waals surface area (Å²) >= 11 is 0. The van der Waals surface area contributed by atoms with Crippen LogP contribution in [0.4, 0.5) is 15.0 Å². The molecule has 4 N–H and O–H groups in total. The van der Waals surface area contributed by atoms with E-state index in [1.807, 2.05) is 0 Å². The molecule has 0 saturated carbocycles. The van der Waals surface area contributed by atoms with Gasteiger partial charge < -0.3 is 16.4 Å². The molecule has 0 aliphatic rings. The summed E-state index contributed by atoms with van der Waals surface area (Å²) in [5.41, 5.74) is 6.07. The van der Waals surface area contributed by atoms with E-state index in [4.69, 9.17) is 5.73 Å². The van der Waals surface area contributed by atoms with Crippen LogP contribution >= 0.6 is 0 Å². The van der Waals surface area contributed by atoms with Crippen molar-refractivity contribution < 1.29 is 14.0 Å². The number of primary amides is 1. The first kappa shape index (κ1) is 16.5. The molecule has 7 nitrogen and oxygen atoms in total. The van der Waals surface area contributed by atoms with Gasteiger partial charge in [-0.3, -0.25) is 9.48 Å². The van der Waals surface area contributed by atoms with Gasteiger partial charge in [0.2, 0.25) is 5.91 Å². The zero-order chi connectivity index (χ0) is 17.0. The molecule has 1 aromatic heterocycles. The lowest BCUT2D eigenvalue weighted by atomic mass is 10.0. The van der Waals surface area contributed by atoms with Crippen molar-refractivity contribution in [1.82, 2.24) is 15.1 Å². The first-order valence-electron chi connectivity index (χ1n) is 6.97. The van der Waals surface area contributed by atoms with Crippen LogP contribution in [0, 0.1) is 12.7 Å². The number of aryl methyl sites for hydroxylation is 2. The minimum Gasteiger partial charge on any atom is -0.352 e. The number of benzene rings is 1. The fourth-order valence-electron chi connectivity index (χ4n) is 2.28. The Labute approximate surface area is 132 Å². The molecule has 1 atom stereocenters. The predicted octanol–water partition coefficient (Wildman–Crippen LogP) is 1.61. The molecule has 3 amide bonds. The van der Waals surface area contributed by atoms with Crippen LogP contribution in [-0.2, 0) is 11.8 Å². The molecular formula is C15H18FN5O2. The number of urea groups is 1. The average molecular weight is 319 g/mol. The SMILES string of the molecule is Cc1cc(NC(=O)CC(NC(N)=O)c2ccccc2F)n(C)n1. The van der Waals surface area contributed by atoms with Crippen LogP contribution in [0.2, 0.25) is 0 Å². The summed E-state index contributed by atoms with van der Waals surface area (Å²) in [6, 6.07) is 5.92. The Hall–Kier alpha value is -2.90. The van der Waals surface area contributed by atoms with Gasteiger partial charge in [-0.15, -0.1) is 0 Å². The number of nitrogens with one attached hydrogen (secondary N) is 2. The Morgan fingerprint density at radius 3 is 2.65 bits per heavy atom. The van der Waals surface area contributed by atoms with E-state index in [0.717, 1.165) is 5.69 Å². The zero-order valence-electron chi connectivity index (χ0n) is 12.8. The lowest BCUT2D eigenvalue weighted by molar-refractivity contribution is -0.116. The van der Waals surface area contributed by atoms with Gasteiger partial charge in [0.25, 0.3) is 0 Å². The third-order valence-electron chi connectivity index (χ3n) is 3.26. The molecule has 0 aliphatic carbocycles. The van der Waals surface area contributed by atoms with Gasteiger partial charge in [0.05, 0.1) is 18.2 Å². The second kappa shape index (κ2) is 6.91. The van der Waals surface area contributed by atoms with E-state index in [1.54, 1.807) is 26.1 Å². The Bertz CT molecular complexity index is 728. The summed E-state index contributed by atoms with van der Waals surface area (Å²) in [6.45, 7) is 1.80. The predicted molar refractivity (Wildman–Crippen MR) is 83.1 cm³/mol. The number of nitrogens with two attached hydrogens (primary N) is 1. The zero-order valence-corrected chi connectivity index (χ0v) is 12.8. The van der Waals surface area contributed by atoms with E-state index in [0.29, 0.717) is 5.82 Å². The molecule has 0 fully saturated rings. The lowest BCUT2D eigenvalue weighted by Crippen LogP contribution is -2.35. The first-order valence-corrected chi connectivity index (χ1v) is 6.97. The molecule has 0 saturated heterocycles. The molecule has 1 heterocycles. The smallest absolute Gasteiger partial charge is 0.312 e. The Balaban J connectivity index is 2.14. The van der Waals surface area contributed by atoms with Gasteiger partial charge in [-0.25, -0.2) is 9.18 Å². The van der Waals surface area contributed by atoms with E-state index < -0.39 is 23.8 Å². The van der Waals surface area contributed by atoms with Crippen LogP contribution in [-0.4, -0.2) is 21.7 Å². The van der Waals surface area contributed by atoms with Crippen LogP contribution in [0.3, 0.4) is 0 Å². The standard InChI is InChI=1S/C15H18FN5O2/c1-9-7-13(21(2)20-9)19-14(22)8-12(18-15(17)23)10-5-3-4-6-11(10)16/h3-7,12H,8H2,1-2H3,(H,19,22)(H3,17,18,23). The van der Waals surface area contributed by atoms with Crippen molar-refractivity contribution in [2.75, 3.05) is 5.32 Å². The molecule has 2 aromatic rings. The normalized spacial score (nSPS) is 11.8. The molecule has 122 valence electrons. The highest BCUT2D eigenvalue weighted by atomic mass is 19.1. The molecule has 8 heteroatoms. The largest absolute Gasteiger partial charge is 0.352 e. The van der Waals surface area contributed by atoms with Crippen molar-refractivity contribution >= 4 is 17.8 Å². The van der Waals surface area contributed by atoms with E-state index in [2.05, 4.69) is 15.7 Å². The van der Waals surface area contributed by atoms with Gasteiger partial charge in [-0.2, -0.15) is 5.10 Å². The average Bonchev–Trinajstić information content (AvgIpc) is 2.76. The minimum atomic E-state index is -0.858. The quantitative estimate of drug-likeness (QED) is 0.780. The van der Waals surface area contributed by atoms with E-state index in [-0.39, 0.29) is 12.0 Å². The third kappa shape index (κ3) is 4.29. The van der Waals surface area contributed by atoms with Crippen molar-refractivity contribution in [1.29, 1.82) is 0 Å². The lowest BCUT2D eigenvalue weighted by Gasteiger charge is -2.18. The van der Waals surface area contributed by atoms with Crippen molar-refractivity contribution in [3.63, 3.8) is 0 Å². The molecule has 2 rings (SSSR count). The highest BCUT2D eigenvalue weighted by Crippen LogP contribution is 2.21. The maximum Gasteiger partial charge on any atom is 0.312 e. The summed E-state index contributed by atoms with van der Waals surface area (Å²) in [6.07, 6.45) is -0.159. The van der Waals surface area contributed by atoms with Crippen molar-refractivity contribution in [2.24, 2.45) is 12.8 Å². The maximum atomic E-state index is 13.9. The first-order chi connectivity index (χ1) is 10.9. The second-order valence-corrected chi connectivity index (χ2v) is 5.13. The maximum absolute atomic E-state index is 13.9. The van der Waals surface area contributed by atoms with Gasteiger partial charge in [-0.05, 0) is 13.0 Å². The summed E-state index contributed by atoms with van der Waals surface area (Å²) in [5, 5.41) is 9.18. The Morgan fingerprint density at radius 2 is 2.09 bits per heavy atom. The van der Waals surface area contributed by atoms with E-state index in [9.17, 15) is 14.0 Å². The van der Waals surface area contributed by atoms with Crippen molar-refractivity contribution in [3.05, 3.63) is 47.4 Å². The molecule has 1 aromatic carbocycles. The van der Waals surface area contributed by atoms with Gasteiger partial charge in [-0.1, -0.05) is 18.2 Å². The second-order valence-electron chi connectivity index (χ2n) is 5.13. The third-order valence-corrected chi connectivity index (χ3v) is 3.26. The highest BCUT2D eigenvalue weighted by Gasteiger charge is 2.21. The van der Waals surface area contributed by atoms with E-state index in [1.165, 1.54) is 22.9 Å². The van der Waals surface area contributed by atoms with Crippen LogP contribution in [0.1, 0.15) is 23.7 Å². The summed E-state index contributed by atoms with van der Waals surface area (Å²) in [7, 11) is 1.69. The van der Waals surface area contributed by atoms with Crippen LogP contribution in [0.15, 0.2) is 30.3 Å². The molecule has 23 heavy (non-hydrogen) atoms. The van der Waals surface area contributed by atoms with Crippen molar-refractivity contribution in [3.8, 4) is 0 Å². The number of nitrogens with zero attached hydrogens (tertiary/aromatic N) is 2. The molecule has 0 aliphatic heterocycles. The Morgan fingerprint density at radius 1 is 1.39 bits per heavy atom. The summed E-state index contributed by atoms with van der Waals surface area (Å²) in [4.78, 5) is 23.3. The molecule has 0 spiro atoms. The number of hydrogen-bond donors (Lipinski definition) is 3. The fraction of sp³-hybridized carbons (Fsp3) is 0.267.